The Morgan fingerprint density at radius 1 is 0.508 bits per heavy atom. The molecule has 19 N–H and O–H groups in total. The Hall–Kier alpha value is -0.620. The number of ether oxygens (including phenoxy) is 7. The van der Waals surface area contributed by atoms with Crippen molar-refractivity contribution < 1.29 is 126 Å². The van der Waals surface area contributed by atoms with Crippen LogP contribution in [0.4, 0.5) is 0 Å². The fourth-order valence-corrected chi connectivity index (χ4v) is 7.94. The van der Waals surface area contributed by atoms with Gasteiger partial charge in [-0.1, -0.05) is 0 Å². The first-order valence-corrected chi connectivity index (χ1v) is 21.0. The van der Waals surface area contributed by atoms with Gasteiger partial charge in [-0.25, -0.2) is 9.13 Å². The number of nitrogens with two attached hydrogens (primary N) is 3. The quantitative estimate of drug-likeness (QED) is 0.0504. The van der Waals surface area contributed by atoms with Gasteiger partial charge in [-0.3, -0.25) is 18.1 Å². The first-order chi connectivity index (χ1) is 27.7. The minimum absolute atomic E-state index is 0.158. The Balaban J connectivity index is 1.56. The molecule has 0 spiro atoms. The van der Waals surface area contributed by atoms with Crippen molar-refractivity contribution in [2.24, 2.45) is 17.2 Å². The molecule has 4 fully saturated rings. The van der Waals surface area contributed by atoms with Crippen LogP contribution in [0.3, 0.4) is 0 Å². The summed E-state index contributed by atoms with van der Waals surface area (Å²) in [4.78, 5) is 20.1. The lowest BCUT2D eigenvalue weighted by Gasteiger charge is -2.47. The van der Waals surface area contributed by atoms with Gasteiger partial charge in [-0.2, -0.15) is 0 Å². The smallest absolute Gasteiger partial charge is 0.394 e. The van der Waals surface area contributed by atoms with E-state index in [1.807, 2.05) is 0 Å². The maximum Gasteiger partial charge on any atom is 0.472 e. The molecule has 59 heavy (non-hydrogen) atoms. The Labute approximate surface area is 334 Å². The summed E-state index contributed by atoms with van der Waals surface area (Å²) in [6, 6.07) is -1.54. The predicted molar refractivity (Wildman–Crippen MR) is 183 cm³/mol. The Bertz CT molecular complexity index is 1380. The molecular formula is C28H55N3O26P2. The van der Waals surface area contributed by atoms with Gasteiger partial charge >= 0.3 is 15.6 Å². The Morgan fingerprint density at radius 3 is 1.63 bits per heavy atom. The zero-order valence-corrected chi connectivity index (χ0v) is 32.7. The zero-order valence-electron chi connectivity index (χ0n) is 31.0. The van der Waals surface area contributed by atoms with E-state index in [2.05, 4.69) is 4.52 Å². The molecule has 0 aromatic carbocycles. The van der Waals surface area contributed by atoms with Crippen LogP contribution in [-0.4, -0.2) is 241 Å². The fourth-order valence-electron chi connectivity index (χ4n) is 6.26. The Morgan fingerprint density at radius 2 is 1.02 bits per heavy atom. The molecule has 0 aromatic heterocycles. The van der Waals surface area contributed by atoms with Crippen molar-refractivity contribution in [3.05, 3.63) is 0 Å². The van der Waals surface area contributed by atoms with E-state index < -0.39 is 178 Å². The summed E-state index contributed by atoms with van der Waals surface area (Å²) in [5, 5.41) is 116. The molecule has 29 nitrogen and oxygen atoms in total. The molecule has 4 rings (SSSR count). The van der Waals surface area contributed by atoms with E-state index in [1.165, 1.54) is 0 Å². The molecule has 22 atom stereocenters. The van der Waals surface area contributed by atoms with Crippen LogP contribution in [-0.2, 0) is 60.4 Å². The lowest BCUT2D eigenvalue weighted by atomic mass is 9.96. The van der Waals surface area contributed by atoms with Gasteiger partial charge in [0.15, 0.2) is 25.2 Å². The van der Waals surface area contributed by atoms with Crippen molar-refractivity contribution in [3.8, 4) is 0 Å². The van der Waals surface area contributed by atoms with Crippen LogP contribution < -0.4 is 17.2 Å². The third kappa shape index (κ3) is 12.8. The van der Waals surface area contributed by atoms with Crippen LogP contribution in [0.5, 0.6) is 0 Å². The van der Waals surface area contributed by atoms with Crippen LogP contribution in [0.2, 0.25) is 0 Å². The van der Waals surface area contributed by atoms with E-state index in [0.29, 0.717) is 0 Å². The molecular weight excluding hydrogens is 856 g/mol. The number of phosphoric acid groups is 2. The number of aliphatic hydroxyl groups excluding tert-OH is 11. The molecule has 0 aliphatic carbocycles. The SMILES string of the molecule is NCCOP(=O)(O)OC[C@H]1O[C@H](O[C@@H]2[C@@H](OC[C@H]3O[C@H](O[C@H]4[C@H](O)[C@@H](N)[C@@H](O)O[C@@H]4CO)[C@@H](OP(=O)(O)OCCN)[C@@H](O)[C@@H]3O)O[C@H](CO)[C@@H](O)[C@@H]2O)[C@@H](O)[C@@H](O)[C@@H]1O. The van der Waals surface area contributed by atoms with Gasteiger partial charge in [0.1, 0.15) is 91.6 Å². The average Bonchev–Trinajstić information content (AvgIpc) is 3.20. The molecule has 0 amide bonds. The normalized spacial score (nSPS) is 45.4. The van der Waals surface area contributed by atoms with Crippen LogP contribution in [0.1, 0.15) is 0 Å². The first kappa shape index (κ1) is 51.0. The van der Waals surface area contributed by atoms with Gasteiger partial charge in [0.25, 0.3) is 0 Å². The highest BCUT2D eigenvalue weighted by Gasteiger charge is 2.55. The minimum atomic E-state index is -5.11. The van der Waals surface area contributed by atoms with Gasteiger partial charge in [0.2, 0.25) is 0 Å². The van der Waals surface area contributed by atoms with Gasteiger partial charge < -0.3 is 116 Å². The van der Waals surface area contributed by atoms with Gasteiger partial charge in [-0.15, -0.1) is 0 Å². The van der Waals surface area contributed by atoms with Crippen LogP contribution >= 0.6 is 15.6 Å². The van der Waals surface area contributed by atoms with Crippen molar-refractivity contribution in [3.63, 3.8) is 0 Å². The minimum Gasteiger partial charge on any atom is -0.394 e. The van der Waals surface area contributed by atoms with Crippen LogP contribution in [0.15, 0.2) is 0 Å². The second-order valence-corrected chi connectivity index (χ2v) is 16.5. The average molecular weight is 912 g/mol. The van der Waals surface area contributed by atoms with Crippen molar-refractivity contribution >= 4 is 15.6 Å². The summed E-state index contributed by atoms with van der Waals surface area (Å²) in [7, 11) is -9.86. The van der Waals surface area contributed by atoms with Gasteiger partial charge in [-0.05, 0) is 0 Å². The monoisotopic (exact) mass is 911 g/mol. The van der Waals surface area contributed by atoms with E-state index in [0.717, 1.165) is 0 Å². The van der Waals surface area contributed by atoms with Crippen molar-refractivity contribution in [1.82, 2.24) is 0 Å². The summed E-state index contributed by atoms with van der Waals surface area (Å²) in [5.74, 6) is 0. The number of phosphoric ester groups is 2. The highest BCUT2D eigenvalue weighted by atomic mass is 31.2. The van der Waals surface area contributed by atoms with E-state index in [-0.39, 0.29) is 13.1 Å². The van der Waals surface area contributed by atoms with E-state index in [9.17, 15) is 75.1 Å². The predicted octanol–water partition coefficient (Wildman–Crippen LogP) is -9.58. The van der Waals surface area contributed by atoms with Crippen LogP contribution in [0.25, 0.3) is 0 Å². The highest BCUT2D eigenvalue weighted by Crippen LogP contribution is 2.47. The maximum absolute atomic E-state index is 12.7. The third-order valence-corrected chi connectivity index (χ3v) is 11.5. The molecule has 348 valence electrons. The highest BCUT2D eigenvalue weighted by molar-refractivity contribution is 7.47. The molecule has 4 aliphatic heterocycles. The molecule has 4 heterocycles. The molecule has 4 saturated heterocycles. The second kappa shape index (κ2) is 22.3. The number of rotatable bonds is 20. The van der Waals surface area contributed by atoms with Crippen molar-refractivity contribution in [2.75, 3.05) is 52.7 Å². The van der Waals surface area contributed by atoms with Gasteiger partial charge in [0.05, 0.1) is 45.7 Å². The van der Waals surface area contributed by atoms with Crippen molar-refractivity contribution in [1.29, 1.82) is 0 Å². The molecule has 0 saturated carbocycles. The lowest BCUT2D eigenvalue weighted by Crippen LogP contribution is -2.66. The number of hydrogen-bond acceptors (Lipinski definition) is 27. The number of hydrogen-bond donors (Lipinski definition) is 16. The Kier molecular flexibility index (Phi) is 19.3. The standard InChI is InChI=1S/C28H55N3O26P2/c29-1-3-48-58(43,44)50-8-12-15(35)18(38)21(41)26(53-12)56-23-19(39)14(34)9(5-32)52-27(23)47-7-11-16(36)20(40)24(57-59(45,46)49-4-2-30)28(54-11)55-22-10(6-33)51-25(42)13(31)17(22)37/h9-28,32-42H,1-8,29-31H2,(H,43,44)(H,45,46)/t9-,10-,11-,12-,13-,14-,15-,16-,17-,18+,19+,20+,21+,22-,23+,24+,25+,26-,27+,28-/m1/s1. The summed E-state index contributed by atoms with van der Waals surface area (Å²) < 4.78 is 83.0. The molecule has 0 aromatic rings. The van der Waals surface area contributed by atoms with Crippen molar-refractivity contribution in [2.45, 2.75) is 123 Å². The number of aliphatic hydroxyl groups is 11. The summed E-state index contributed by atoms with van der Waals surface area (Å²) in [6.45, 7) is -4.98. The van der Waals surface area contributed by atoms with Crippen LogP contribution in [0, 0.1) is 0 Å². The first-order valence-electron chi connectivity index (χ1n) is 18.0. The summed E-state index contributed by atoms with van der Waals surface area (Å²) >= 11 is 0. The van der Waals surface area contributed by atoms with E-state index in [4.69, 9.17) is 63.9 Å². The lowest BCUT2D eigenvalue weighted by molar-refractivity contribution is -0.375. The van der Waals surface area contributed by atoms with E-state index >= 15 is 0 Å². The van der Waals surface area contributed by atoms with E-state index in [1.54, 1.807) is 0 Å². The zero-order chi connectivity index (χ0) is 44.0. The molecule has 31 heteroatoms. The second-order valence-electron chi connectivity index (χ2n) is 13.6. The summed E-state index contributed by atoms with van der Waals surface area (Å²) in [6.07, 6.45) is -36.5. The summed E-state index contributed by atoms with van der Waals surface area (Å²) in [5.41, 5.74) is 16.3. The maximum atomic E-state index is 12.7. The molecule has 4 aliphatic rings. The molecule has 0 bridgehead atoms. The fraction of sp³-hybridized carbons (Fsp3) is 1.00. The third-order valence-electron chi connectivity index (χ3n) is 9.47. The van der Waals surface area contributed by atoms with Gasteiger partial charge in [0, 0.05) is 13.1 Å². The topological polar surface area (TPSA) is 477 Å². The largest absolute Gasteiger partial charge is 0.472 e. The molecule has 2 unspecified atom stereocenters. The molecule has 0 radical (unpaired) electrons.